The number of carbonyl (C=O) groups is 2. The summed E-state index contributed by atoms with van der Waals surface area (Å²) < 4.78 is 22.1. The zero-order valence-electron chi connectivity index (χ0n) is 17.2. The summed E-state index contributed by atoms with van der Waals surface area (Å²) in [5, 5.41) is 0. The molecule has 0 radical (unpaired) electrons. The number of hydrogen-bond acceptors (Lipinski definition) is 6. The van der Waals surface area contributed by atoms with E-state index in [1.807, 2.05) is 60.7 Å². The summed E-state index contributed by atoms with van der Waals surface area (Å²) >= 11 is 0. The van der Waals surface area contributed by atoms with Gasteiger partial charge in [0.1, 0.15) is 0 Å². The Labute approximate surface area is 176 Å². The number of hydrogen-bond donors (Lipinski definition) is 0. The first kappa shape index (κ1) is 21.7. The zero-order valence-corrected chi connectivity index (χ0v) is 17.2. The summed E-state index contributed by atoms with van der Waals surface area (Å²) in [5.74, 6) is -1.10. The van der Waals surface area contributed by atoms with Gasteiger partial charge in [0.05, 0.1) is 50.8 Å². The van der Waals surface area contributed by atoms with Gasteiger partial charge in [0, 0.05) is 12.8 Å². The molecule has 0 N–H and O–H groups in total. The lowest BCUT2D eigenvalue weighted by atomic mass is 9.87. The molecule has 0 saturated carbocycles. The van der Waals surface area contributed by atoms with Crippen LogP contribution in [0.2, 0.25) is 0 Å². The van der Waals surface area contributed by atoms with E-state index in [2.05, 4.69) is 0 Å². The van der Waals surface area contributed by atoms with Crippen molar-refractivity contribution in [2.24, 2.45) is 0 Å². The molecular formula is C24H26O6. The minimum Gasteiger partial charge on any atom is -0.466 e. The van der Waals surface area contributed by atoms with Crippen LogP contribution >= 0.6 is 0 Å². The lowest BCUT2D eigenvalue weighted by Crippen LogP contribution is -2.39. The van der Waals surface area contributed by atoms with Crippen molar-refractivity contribution in [2.45, 2.75) is 38.3 Å². The predicted octanol–water partition coefficient (Wildman–Crippen LogP) is 3.59. The zero-order chi connectivity index (χ0) is 21.3. The normalized spacial score (nSPS) is 18.7. The lowest BCUT2D eigenvalue weighted by Gasteiger charge is -2.33. The first-order chi connectivity index (χ1) is 14.6. The van der Waals surface area contributed by atoms with Gasteiger partial charge in [-0.05, 0) is 11.1 Å². The first-order valence-electron chi connectivity index (χ1n) is 9.82. The average Bonchev–Trinajstić information content (AvgIpc) is 2.81. The van der Waals surface area contributed by atoms with E-state index in [0.717, 1.165) is 11.1 Å². The molecule has 1 aliphatic rings. The third-order valence-corrected chi connectivity index (χ3v) is 5.07. The van der Waals surface area contributed by atoms with Gasteiger partial charge in [-0.15, -0.1) is 0 Å². The third kappa shape index (κ3) is 5.55. The van der Waals surface area contributed by atoms with Crippen molar-refractivity contribution in [1.29, 1.82) is 0 Å². The van der Waals surface area contributed by atoms with E-state index >= 15 is 0 Å². The summed E-state index contributed by atoms with van der Waals surface area (Å²) in [6, 6.07) is 19.5. The fourth-order valence-corrected chi connectivity index (χ4v) is 3.46. The molecule has 6 nitrogen and oxygen atoms in total. The molecule has 0 saturated heterocycles. The van der Waals surface area contributed by atoms with Gasteiger partial charge >= 0.3 is 11.9 Å². The Morgan fingerprint density at radius 1 is 0.700 bits per heavy atom. The fraction of sp³-hybridized carbons (Fsp3) is 0.333. The maximum absolute atomic E-state index is 12.3. The molecule has 0 fully saturated rings. The number of benzene rings is 2. The minimum atomic E-state index is -0.551. The summed E-state index contributed by atoms with van der Waals surface area (Å²) in [4.78, 5) is 24.6. The second kappa shape index (κ2) is 10.7. The Bertz CT molecular complexity index is 802. The van der Waals surface area contributed by atoms with Gasteiger partial charge in [-0.2, -0.15) is 0 Å². The molecular weight excluding hydrogens is 384 g/mol. The van der Waals surface area contributed by atoms with Crippen LogP contribution in [-0.4, -0.2) is 38.4 Å². The highest BCUT2D eigenvalue weighted by atomic mass is 16.5. The van der Waals surface area contributed by atoms with Crippen molar-refractivity contribution in [3.8, 4) is 0 Å². The van der Waals surface area contributed by atoms with E-state index in [1.54, 1.807) is 0 Å². The molecule has 0 bridgehead atoms. The Morgan fingerprint density at radius 2 is 1.07 bits per heavy atom. The van der Waals surface area contributed by atoms with Crippen molar-refractivity contribution in [1.82, 2.24) is 0 Å². The lowest BCUT2D eigenvalue weighted by molar-refractivity contribution is -0.143. The summed E-state index contributed by atoms with van der Waals surface area (Å²) in [6.07, 6.45) is -0.389. The number of rotatable bonds is 8. The van der Waals surface area contributed by atoms with E-state index in [-0.39, 0.29) is 24.0 Å². The smallest absolute Gasteiger partial charge is 0.334 e. The highest BCUT2D eigenvalue weighted by molar-refractivity contribution is 6.00. The van der Waals surface area contributed by atoms with Crippen molar-refractivity contribution in [2.75, 3.05) is 14.2 Å². The molecule has 30 heavy (non-hydrogen) atoms. The maximum Gasteiger partial charge on any atom is 0.334 e. The van der Waals surface area contributed by atoms with E-state index in [0.29, 0.717) is 13.2 Å². The number of carbonyl (C=O) groups excluding carboxylic acids is 2. The standard InChI is InChI=1S/C24H26O6/c1-27-23(25)19-13-21(29-15-17-9-5-3-6-10-17)22(14-20(19)24(26)28-2)30-16-18-11-7-4-8-12-18/h3-12,21-22H,13-16H2,1-2H3/t21-,22-/m0/s1. The molecule has 1 aliphatic carbocycles. The van der Waals surface area contributed by atoms with Crippen molar-refractivity contribution < 1.29 is 28.5 Å². The molecule has 3 rings (SSSR count). The van der Waals surface area contributed by atoms with Gasteiger partial charge in [0.15, 0.2) is 0 Å². The van der Waals surface area contributed by atoms with E-state index < -0.39 is 24.1 Å². The van der Waals surface area contributed by atoms with Crippen LogP contribution in [-0.2, 0) is 41.8 Å². The van der Waals surface area contributed by atoms with Gasteiger partial charge in [0.25, 0.3) is 0 Å². The molecule has 6 heteroatoms. The van der Waals surface area contributed by atoms with Crippen LogP contribution in [0.25, 0.3) is 0 Å². The van der Waals surface area contributed by atoms with E-state index in [4.69, 9.17) is 18.9 Å². The van der Waals surface area contributed by atoms with Crippen molar-refractivity contribution in [3.05, 3.63) is 82.9 Å². The summed E-state index contributed by atoms with van der Waals surface area (Å²) in [5.41, 5.74) is 2.59. The van der Waals surface area contributed by atoms with Gasteiger partial charge in [-0.25, -0.2) is 9.59 Å². The molecule has 2 atom stereocenters. The minimum absolute atomic E-state index is 0.212. The predicted molar refractivity (Wildman–Crippen MR) is 110 cm³/mol. The third-order valence-electron chi connectivity index (χ3n) is 5.07. The van der Waals surface area contributed by atoms with Crippen LogP contribution in [0, 0.1) is 0 Å². The Balaban J connectivity index is 1.81. The average molecular weight is 410 g/mol. The van der Waals surface area contributed by atoms with Crippen LogP contribution in [0.5, 0.6) is 0 Å². The SMILES string of the molecule is COC(=O)C1=C(C(=O)OC)C[C@H](OCc2ccccc2)[C@@H](OCc2ccccc2)C1. The van der Waals surface area contributed by atoms with Crippen LogP contribution in [0.3, 0.4) is 0 Å². The number of esters is 2. The molecule has 0 aliphatic heterocycles. The van der Waals surface area contributed by atoms with Crippen LogP contribution in [0.15, 0.2) is 71.8 Å². The number of ether oxygens (including phenoxy) is 4. The van der Waals surface area contributed by atoms with Crippen LogP contribution in [0.1, 0.15) is 24.0 Å². The molecule has 2 aromatic carbocycles. The molecule has 158 valence electrons. The monoisotopic (exact) mass is 410 g/mol. The van der Waals surface area contributed by atoms with Gasteiger partial charge in [0.2, 0.25) is 0 Å². The second-order valence-corrected chi connectivity index (χ2v) is 7.02. The largest absolute Gasteiger partial charge is 0.466 e. The molecule has 0 heterocycles. The Kier molecular flexibility index (Phi) is 7.76. The quantitative estimate of drug-likeness (QED) is 0.620. The van der Waals surface area contributed by atoms with Crippen LogP contribution in [0.4, 0.5) is 0 Å². The van der Waals surface area contributed by atoms with E-state index in [1.165, 1.54) is 14.2 Å². The van der Waals surface area contributed by atoms with Gasteiger partial charge in [-0.1, -0.05) is 60.7 Å². The Hall–Kier alpha value is -2.96. The summed E-state index contributed by atoms with van der Waals surface area (Å²) in [6.45, 7) is 0.747. The summed E-state index contributed by atoms with van der Waals surface area (Å²) in [7, 11) is 2.59. The molecule has 0 amide bonds. The molecule has 0 unspecified atom stereocenters. The molecule has 0 spiro atoms. The second-order valence-electron chi connectivity index (χ2n) is 7.02. The first-order valence-corrected chi connectivity index (χ1v) is 9.82. The molecule has 2 aromatic rings. The van der Waals surface area contributed by atoms with Crippen molar-refractivity contribution >= 4 is 11.9 Å². The topological polar surface area (TPSA) is 71.1 Å². The van der Waals surface area contributed by atoms with Crippen LogP contribution < -0.4 is 0 Å². The maximum atomic E-state index is 12.3. The highest BCUT2D eigenvalue weighted by Crippen LogP contribution is 2.32. The van der Waals surface area contributed by atoms with Gasteiger partial charge < -0.3 is 18.9 Å². The number of methoxy groups -OCH3 is 2. The van der Waals surface area contributed by atoms with E-state index in [9.17, 15) is 9.59 Å². The fourth-order valence-electron chi connectivity index (χ4n) is 3.46. The molecule has 0 aromatic heterocycles. The van der Waals surface area contributed by atoms with Gasteiger partial charge in [-0.3, -0.25) is 0 Å². The highest BCUT2D eigenvalue weighted by Gasteiger charge is 2.37. The van der Waals surface area contributed by atoms with Crippen molar-refractivity contribution in [3.63, 3.8) is 0 Å². The Morgan fingerprint density at radius 3 is 1.40 bits per heavy atom.